The van der Waals surface area contributed by atoms with Crippen LogP contribution < -0.4 is 5.32 Å². The Balaban J connectivity index is 1.39. The number of furan rings is 1. The third-order valence-corrected chi connectivity index (χ3v) is 8.26. The topological polar surface area (TPSA) is 82.9 Å². The van der Waals surface area contributed by atoms with E-state index < -0.39 is 21.8 Å². The molecule has 1 aromatic carbocycles. The molecule has 2 aliphatic rings. The Hall–Kier alpha value is -2.23. The van der Waals surface area contributed by atoms with Crippen molar-refractivity contribution < 1.29 is 22.0 Å². The molecule has 0 aliphatic carbocycles. The second-order valence-electron chi connectivity index (χ2n) is 8.53. The van der Waals surface area contributed by atoms with Gasteiger partial charge in [0.25, 0.3) is 0 Å². The first-order valence-corrected chi connectivity index (χ1v) is 12.7. The van der Waals surface area contributed by atoms with E-state index in [4.69, 9.17) is 4.42 Å². The van der Waals surface area contributed by atoms with Gasteiger partial charge in [-0.25, -0.2) is 12.8 Å². The molecule has 1 aromatic heterocycles. The van der Waals surface area contributed by atoms with Crippen molar-refractivity contribution in [1.82, 2.24) is 14.5 Å². The SMILES string of the molecule is O=C(NC[C@@H](c1ccco1)N1CCCCC1)[C@@H]1CCCN(S(=O)(=O)c2ccc(F)cc2)C1. The smallest absolute Gasteiger partial charge is 0.243 e. The summed E-state index contributed by atoms with van der Waals surface area (Å²) in [4.78, 5) is 15.4. The van der Waals surface area contributed by atoms with Crippen LogP contribution in [-0.2, 0) is 14.8 Å². The standard InChI is InChI=1S/C23H30FN3O4S/c24-19-8-10-20(11-9-19)32(29,30)27-14-4-6-18(17-27)23(28)25-16-21(22-7-5-15-31-22)26-12-2-1-3-13-26/h5,7-11,15,18,21H,1-4,6,12-14,16-17H2,(H,25,28)/t18-,21+/m1/s1. The number of hydrogen-bond donors (Lipinski definition) is 1. The van der Waals surface area contributed by atoms with Crippen LogP contribution in [0.25, 0.3) is 0 Å². The van der Waals surface area contributed by atoms with Gasteiger partial charge in [0.2, 0.25) is 15.9 Å². The molecule has 0 bridgehead atoms. The number of rotatable bonds is 7. The van der Waals surface area contributed by atoms with Gasteiger partial charge >= 0.3 is 0 Å². The number of hydrogen-bond acceptors (Lipinski definition) is 5. The van der Waals surface area contributed by atoms with E-state index in [9.17, 15) is 17.6 Å². The predicted molar refractivity (Wildman–Crippen MR) is 118 cm³/mol. The van der Waals surface area contributed by atoms with Crippen molar-refractivity contribution in [2.24, 2.45) is 5.92 Å². The molecule has 174 valence electrons. The normalized spacial score (nSPS) is 21.8. The Kier molecular flexibility index (Phi) is 7.27. The van der Waals surface area contributed by atoms with Gasteiger partial charge in [-0.05, 0) is 75.2 Å². The second-order valence-corrected chi connectivity index (χ2v) is 10.5. The summed E-state index contributed by atoms with van der Waals surface area (Å²) >= 11 is 0. The van der Waals surface area contributed by atoms with Gasteiger partial charge in [0.15, 0.2) is 0 Å². The van der Waals surface area contributed by atoms with Crippen molar-refractivity contribution in [3.63, 3.8) is 0 Å². The van der Waals surface area contributed by atoms with E-state index in [-0.39, 0.29) is 23.4 Å². The molecule has 2 atom stereocenters. The van der Waals surface area contributed by atoms with Crippen LogP contribution in [0.3, 0.4) is 0 Å². The minimum absolute atomic E-state index is 0.0307. The van der Waals surface area contributed by atoms with Crippen LogP contribution in [-0.4, -0.2) is 56.3 Å². The van der Waals surface area contributed by atoms with Crippen molar-refractivity contribution >= 4 is 15.9 Å². The van der Waals surface area contributed by atoms with E-state index in [1.807, 2.05) is 12.1 Å². The average Bonchev–Trinajstić information content (AvgIpc) is 3.35. The van der Waals surface area contributed by atoms with Gasteiger partial charge in [-0.3, -0.25) is 9.69 Å². The van der Waals surface area contributed by atoms with Crippen LogP contribution in [0.1, 0.15) is 43.9 Å². The van der Waals surface area contributed by atoms with Crippen molar-refractivity contribution in [2.75, 3.05) is 32.7 Å². The van der Waals surface area contributed by atoms with Crippen LogP contribution in [0.5, 0.6) is 0 Å². The molecule has 4 rings (SSSR count). The summed E-state index contributed by atoms with van der Waals surface area (Å²) in [7, 11) is -3.77. The van der Waals surface area contributed by atoms with E-state index in [0.717, 1.165) is 43.8 Å². The predicted octanol–water partition coefficient (Wildman–Crippen LogP) is 3.16. The zero-order valence-electron chi connectivity index (χ0n) is 18.1. The highest BCUT2D eigenvalue weighted by Gasteiger charge is 2.34. The van der Waals surface area contributed by atoms with Crippen molar-refractivity contribution in [2.45, 2.75) is 43.0 Å². The largest absolute Gasteiger partial charge is 0.468 e. The van der Waals surface area contributed by atoms with Crippen LogP contribution >= 0.6 is 0 Å². The lowest BCUT2D eigenvalue weighted by Gasteiger charge is -2.34. The fourth-order valence-electron chi connectivity index (χ4n) is 4.59. The molecule has 32 heavy (non-hydrogen) atoms. The monoisotopic (exact) mass is 463 g/mol. The quantitative estimate of drug-likeness (QED) is 0.682. The summed E-state index contributed by atoms with van der Waals surface area (Å²) in [6.07, 6.45) is 6.36. The first-order valence-electron chi connectivity index (χ1n) is 11.3. The molecule has 9 heteroatoms. The fourth-order valence-corrected chi connectivity index (χ4v) is 6.12. The second kappa shape index (κ2) is 10.1. The van der Waals surface area contributed by atoms with E-state index in [0.29, 0.717) is 25.9 Å². The van der Waals surface area contributed by atoms with Crippen LogP contribution in [0.2, 0.25) is 0 Å². The summed E-state index contributed by atoms with van der Waals surface area (Å²) in [6, 6.07) is 8.56. The Labute approximate surface area is 188 Å². The zero-order chi connectivity index (χ0) is 22.6. The molecular weight excluding hydrogens is 433 g/mol. The number of halogens is 1. The molecule has 7 nitrogen and oxygen atoms in total. The first kappa shape index (κ1) is 22.9. The summed E-state index contributed by atoms with van der Waals surface area (Å²) in [6.45, 7) is 2.84. The molecule has 2 saturated heterocycles. The Morgan fingerprint density at radius 3 is 2.53 bits per heavy atom. The lowest BCUT2D eigenvalue weighted by Crippen LogP contribution is -2.47. The highest BCUT2D eigenvalue weighted by molar-refractivity contribution is 7.89. The maximum absolute atomic E-state index is 13.2. The van der Waals surface area contributed by atoms with Crippen molar-refractivity contribution in [1.29, 1.82) is 0 Å². The van der Waals surface area contributed by atoms with E-state index in [2.05, 4.69) is 10.2 Å². The van der Waals surface area contributed by atoms with E-state index in [1.54, 1.807) is 6.26 Å². The van der Waals surface area contributed by atoms with Gasteiger partial charge in [-0.1, -0.05) is 6.42 Å². The van der Waals surface area contributed by atoms with Crippen molar-refractivity contribution in [3.8, 4) is 0 Å². The minimum Gasteiger partial charge on any atom is -0.468 e. The molecule has 1 N–H and O–H groups in total. The van der Waals surface area contributed by atoms with Gasteiger partial charge in [-0.15, -0.1) is 0 Å². The highest BCUT2D eigenvalue weighted by Crippen LogP contribution is 2.26. The van der Waals surface area contributed by atoms with E-state index in [1.165, 1.54) is 22.9 Å². The molecule has 2 aliphatic heterocycles. The van der Waals surface area contributed by atoms with Crippen molar-refractivity contribution in [3.05, 3.63) is 54.2 Å². The summed E-state index contributed by atoms with van der Waals surface area (Å²) in [5.41, 5.74) is 0. The van der Waals surface area contributed by atoms with Gasteiger partial charge in [0.05, 0.1) is 23.1 Å². The Morgan fingerprint density at radius 1 is 1.09 bits per heavy atom. The summed E-state index contributed by atoms with van der Waals surface area (Å²) in [5, 5.41) is 3.05. The number of benzene rings is 1. The first-order chi connectivity index (χ1) is 15.4. The molecule has 3 heterocycles. The molecule has 0 saturated carbocycles. The van der Waals surface area contributed by atoms with Gasteiger partial charge in [0.1, 0.15) is 11.6 Å². The zero-order valence-corrected chi connectivity index (χ0v) is 18.9. The molecule has 2 fully saturated rings. The lowest BCUT2D eigenvalue weighted by molar-refractivity contribution is -0.126. The van der Waals surface area contributed by atoms with Crippen LogP contribution in [0.15, 0.2) is 52.0 Å². The molecule has 2 aromatic rings. The number of nitrogens with one attached hydrogen (secondary N) is 1. The number of piperidine rings is 2. The third kappa shape index (κ3) is 5.22. The van der Waals surface area contributed by atoms with Crippen LogP contribution in [0, 0.1) is 11.7 Å². The Bertz CT molecular complexity index is 989. The number of nitrogens with zero attached hydrogens (tertiary/aromatic N) is 2. The van der Waals surface area contributed by atoms with Gasteiger partial charge < -0.3 is 9.73 Å². The molecule has 0 spiro atoms. The van der Waals surface area contributed by atoms with Crippen LogP contribution in [0.4, 0.5) is 4.39 Å². The third-order valence-electron chi connectivity index (χ3n) is 6.38. The lowest BCUT2D eigenvalue weighted by atomic mass is 9.98. The summed E-state index contributed by atoms with van der Waals surface area (Å²) in [5.74, 6) is -0.217. The molecule has 1 amide bonds. The number of amides is 1. The Morgan fingerprint density at radius 2 is 1.84 bits per heavy atom. The average molecular weight is 464 g/mol. The number of likely N-dealkylation sites (tertiary alicyclic amines) is 1. The highest BCUT2D eigenvalue weighted by atomic mass is 32.2. The van der Waals surface area contributed by atoms with Gasteiger partial charge in [0, 0.05) is 19.6 Å². The minimum atomic E-state index is -3.77. The maximum Gasteiger partial charge on any atom is 0.243 e. The maximum atomic E-state index is 13.2. The molecule has 0 unspecified atom stereocenters. The number of carbonyl (C=O) groups excluding carboxylic acids is 1. The van der Waals surface area contributed by atoms with Gasteiger partial charge in [-0.2, -0.15) is 4.31 Å². The number of sulfonamides is 1. The molecular formula is C23H30FN3O4S. The van der Waals surface area contributed by atoms with E-state index >= 15 is 0 Å². The fraction of sp³-hybridized carbons (Fsp3) is 0.522. The number of carbonyl (C=O) groups is 1. The molecule has 0 radical (unpaired) electrons. The summed E-state index contributed by atoms with van der Waals surface area (Å²) < 4.78 is 46.1.